The maximum absolute atomic E-state index is 13.3. The maximum atomic E-state index is 13.3. The molecule has 1 fully saturated rings. The van der Waals surface area contributed by atoms with Crippen LogP contribution in [-0.4, -0.2) is 28.2 Å². The molecule has 1 saturated carbocycles. The lowest BCUT2D eigenvalue weighted by molar-refractivity contribution is 0.0580. The molecule has 2 aliphatic rings. The maximum Gasteiger partial charge on any atom is 0.271 e. The van der Waals surface area contributed by atoms with Gasteiger partial charge < -0.3 is 14.6 Å². The van der Waals surface area contributed by atoms with Gasteiger partial charge in [-0.3, -0.25) is 14.2 Å². The number of para-hydroxylation sites is 2. The summed E-state index contributed by atoms with van der Waals surface area (Å²) in [7, 11) is 0. The fraction of sp³-hybridized carbons (Fsp3) is 0.409. The van der Waals surface area contributed by atoms with E-state index < -0.39 is 17.4 Å². The molecule has 1 aromatic carbocycles. The molecule has 150 valence electrons. The molecular weight excluding hydrogens is 372 g/mol. The van der Waals surface area contributed by atoms with E-state index in [-0.39, 0.29) is 35.2 Å². The van der Waals surface area contributed by atoms with Crippen molar-refractivity contribution in [1.29, 1.82) is 5.26 Å². The normalized spacial score (nSPS) is 18.8. The van der Waals surface area contributed by atoms with Crippen molar-refractivity contribution in [1.82, 2.24) is 4.57 Å². The molecule has 1 unspecified atom stereocenters. The van der Waals surface area contributed by atoms with Gasteiger partial charge in [0, 0.05) is 6.04 Å². The van der Waals surface area contributed by atoms with E-state index in [9.17, 15) is 20.0 Å². The van der Waals surface area contributed by atoms with Crippen LogP contribution in [-0.2, 0) is 0 Å². The molecule has 1 aliphatic heterocycles. The summed E-state index contributed by atoms with van der Waals surface area (Å²) in [5, 5.41) is 20.5. The molecule has 0 saturated heterocycles. The molecule has 29 heavy (non-hydrogen) atoms. The molecule has 0 radical (unpaired) electrons. The molecule has 4 rings (SSSR count). The smallest absolute Gasteiger partial charge is 0.271 e. The molecule has 1 N–H and O–H groups in total. The largest absolute Gasteiger partial charge is 0.494 e. The van der Waals surface area contributed by atoms with E-state index in [0.29, 0.717) is 11.5 Å². The first-order chi connectivity index (χ1) is 14.0. The number of ether oxygens (including phenoxy) is 2. The number of rotatable bonds is 3. The van der Waals surface area contributed by atoms with Crippen LogP contribution in [0.1, 0.15) is 59.6 Å². The van der Waals surface area contributed by atoms with E-state index in [0.717, 1.165) is 32.1 Å². The fourth-order valence-corrected chi connectivity index (χ4v) is 4.20. The molecule has 0 spiro atoms. The highest BCUT2D eigenvalue weighted by Crippen LogP contribution is 2.35. The van der Waals surface area contributed by atoms with Gasteiger partial charge in [-0.25, -0.2) is 0 Å². The standard InChI is InChI=1S/C22H22N2O5/c1-13-15(11-23)21(26)24(14-7-3-2-4-8-14)22(27)19(13)20(25)18-12-28-16-9-5-6-10-17(16)29-18/h5-6,9-10,14,18,27H,2-4,7-8,12H2,1H3. The second-order valence-corrected chi connectivity index (χ2v) is 7.51. The number of benzene rings is 1. The number of nitriles is 1. The van der Waals surface area contributed by atoms with Gasteiger partial charge in [-0.2, -0.15) is 5.26 Å². The number of carbonyl (C=O) groups is 1. The summed E-state index contributed by atoms with van der Waals surface area (Å²) in [6, 6.07) is 8.72. The van der Waals surface area contributed by atoms with E-state index in [4.69, 9.17) is 9.47 Å². The Bertz CT molecular complexity index is 1060. The van der Waals surface area contributed by atoms with Crippen molar-refractivity contribution in [3.05, 3.63) is 51.3 Å². The van der Waals surface area contributed by atoms with Crippen molar-refractivity contribution in [2.24, 2.45) is 0 Å². The molecule has 0 bridgehead atoms. The van der Waals surface area contributed by atoms with Gasteiger partial charge >= 0.3 is 0 Å². The topological polar surface area (TPSA) is 102 Å². The first-order valence-corrected chi connectivity index (χ1v) is 9.83. The molecule has 1 aromatic heterocycles. The van der Waals surface area contributed by atoms with Gasteiger partial charge in [0.25, 0.3) is 5.56 Å². The highest BCUT2D eigenvalue weighted by atomic mass is 16.6. The lowest BCUT2D eigenvalue weighted by Crippen LogP contribution is -2.39. The minimum atomic E-state index is -0.974. The first-order valence-electron chi connectivity index (χ1n) is 9.83. The van der Waals surface area contributed by atoms with Gasteiger partial charge in [-0.15, -0.1) is 0 Å². The zero-order valence-corrected chi connectivity index (χ0v) is 16.2. The number of ketones is 1. The summed E-state index contributed by atoms with van der Waals surface area (Å²) in [5.41, 5.74) is -0.528. The van der Waals surface area contributed by atoms with Crippen LogP contribution in [0.25, 0.3) is 0 Å². The summed E-state index contributed by atoms with van der Waals surface area (Å²) >= 11 is 0. The van der Waals surface area contributed by atoms with E-state index in [1.54, 1.807) is 24.3 Å². The van der Waals surface area contributed by atoms with Crippen LogP contribution >= 0.6 is 0 Å². The lowest BCUT2D eigenvalue weighted by atomic mass is 9.93. The first kappa shape index (κ1) is 19.1. The molecule has 0 amide bonds. The minimum absolute atomic E-state index is 0.0147. The van der Waals surface area contributed by atoms with Crippen LogP contribution in [0, 0.1) is 18.3 Å². The van der Waals surface area contributed by atoms with Gasteiger partial charge in [-0.05, 0) is 37.5 Å². The summed E-state index contributed by atoms with van der Waals surface area (Å²) in [6.45, 7) is 1.49. The molecule has 2 aromatic rings. The quantitative estimate of drug-likeness (QED) is 0.802. The van der Waals surface area contributed by atoms with Gasteiger partial charge in [0.15, 0.2) is 17.6 Å². The van der Waals surface area contributed by atoms with Crippen LogP contribution in [0.15, 0.2) is 29.1 Å². The number of pyridine rings is 1. The van der Waals surface area contributed by atoms with Crippen LogP contribution in [0.5, 0.6) is 17.4 Å². The summed E-state index contributed by atoms with van der Waals surface area (Å²) in [4.78, 5) is 26.1. The number of carbonyl (C=O) groups excluding carboxylic acids is 1. The predicted molar refractivity (Wildman–Crippen MR) is 105 cm³/mol. The van der Waals surface area contributed by atoms with Crippen molar-refractivity contribution in [2.75, 3.05) is 6.61 Å². The Labute approximate surface area is 168 Å². The molecular formula is C22H22N2O5. The van der Waals surface area contributed by atoms with Crippen LogP contribution in [0.4, 0.5) is 0 Å². The second kappa shape index (κ2) is 7.63. The third-order valence-electron chi connectivity index (χ3n) is 5.73. The SMILES string of the molecule is Cc1c(C(=O)C2COc3ccccc3O2)c(O)n(C2CCCCC2)c(=O)c1C#N. The lowest BCUT2D eigenvalue weighted by Gasteiger charge is -2.28. The number of fused-ring (bicyclic) bond motifs is 1. The van der Waals surface area contributed by atoms with Gasteiger partial charge in [0.1, 0.15) is 18.2 Å². The number of nitrogens with zero attached hydrogens (tertiary/aromatic N) is 2. The Morgan fingerprint density at radius 2 is 1.90 bits per heavy atom. The summed E-state index contributed by atoms with van der Waals surface area (Å²) in [6.07, 6.45) is 3.43. The number of hydrogen-bond donors (Lipinski definition) is 1. The molecule has 7 heteroatoms. The van der Waals surface area contributed by atoms with Crippen LogP contribution < -0.4 is 15.0 Å². The Hall–Kier alpha value is -3.27. The highest BCUT2D eigenvalue weighted by Gasteiger charge is 2.34. The van der Waals surface area contributed by atoms with Crippen LogP contribution in [0.2, 0.25) is 0 Å². The van der Waals surface area contributed by atoms with E-state index in [1.165, 1.54) is 11.5 Å². The number of aromatic hydroxyl groups is 1. The summed E-state index contributed by atoms with van der Waals surface area (Å²) in [5.74, 6) is 0.0964. The Morgan fingerprint density at radius 3 is 2.59 bits per heavy atom. The predicted octanol–water partition coefficient (Wildman–Crippen LogP) is 3.26. The van der Waals surface area contributed by atoms with Crippen molar-refractivity contribution in [3.8, 4) is 23.4 Å². The third kappa shape index (κ3) is 3.25. The zero-order chi connectivity index (χ0) is 20.5. The van der Waals surface area contributed by atoms with Crippen LogP contribution in [0.3, 0.4) is 0 Å². The van der Waals surface area contributed by atoms with Crippen molar-refractivity contribution < 1.29 is 19.4 Å². The fourth-order valence-electron chi connectivity index (χ4n) is 4.20. The summed E-state index contributed by atoms with van der Waals surface area (Å²) < 4.78 is 12.6. The average molecular weight is 394 g/mol. The number of Topliss-reactive ketones (excluding diaryl/α,β-unsaturated/α-hetero) is 1. The van der Waals surface area contributed by atoms with Gasteiger partial charge in [0.05, 0.1) is 5.56 Å². The Balaban J connectivity index is 1.78. The van der Waals surface area contributed by atoms with Gasteiger partial charge in [-0.1, -0.05) is 31.4 Å². The van der Waals surface area contributed by atoms with Crippen molar-refractivity contribution >= 4 is 5.78 Å². The van der Waals surface area contributed by atoms with E-state index >= 15 is 0 Å². The minimum Gasteiger partial charge on any atom is -0.494 e. The number of hydrogen-bond acceptors (Lipinski definition) is 6. The molecule has 2 heterocycles. The highest BCUT2D eigenvalue weighted by molar-refractivity contribution is 6.03. The van der Waals surface area contributed by atoms with Crippen molar-refractivity contribution in [2.45, 2.75) is 51.2 Å². The molecule has 1 atom stereocenters. The van der Waals surface area contributed by atoms with Gasteiger partial charge in [0.2, 0.25) is 11.7 Å². The van der Waals surface area contributed by atoms with E-state index in [2.05, 4.69) is 0 Å². The van der Waals surface area contributed by atoms with E-state index in [1.807, 2.05) is 6.07 Å². The molecule has 7 nitrogen and oxygen atoms in total. The average Bonchev–Trinajstić information content (AvgIpc) is 2.74. The Kier molecular flexibility index (Phi) is 5.01. The third-order valence-corrected chi connectivity index (χ3v) is 5.73. The monoisotopic (exact) mass is 394 g/mol. The number of aromatic nitrogens is 1. The zero-order valence-electron chi connectivity index (χ0n) is 16.2. The van der Waals surface area contributed by atoms with Crippen molar-refractivity contribution in [3.63, 3.8) is 0 Å². The Morgan fingerprint density at radius 1 is 1.21 bits per heavy atom. The second-order valence-electron chi connectivity index (χ2n) is 7.51. The molecule has 1 aliphatic carbocycles.